The van der Waals surface area contributed by atoms with Crippen LogP contribution in [-0.4, -0.2) is 32.4 Å². The Hall–Kier alpha value is -2.57. The van der Waals surface area contributed by atoms with Gasteiger partial charge in [0.05, 0.1) is 4.90 Å². The number of ether oxygens (including phenoxy) is 1. The second-order valence-corrected chi connectivity index (χ2v) is 8.47. The quantitative estimate of drug-likeness (QED) is 0.328. The van der Waals surface area contributed by atoms with Gasteiger partial charge in [-0.3, -0.25) is 0 Å². The van der Waals surface area contributed by atoms with E-state index < -0.39 is 20.7 Å². The van der Waals surface area contributed by atoms with Gasteiger partial charge in [0.15, 0.2) is 4.91 Å². The molecule has 0 atom stereocenters. The summed E-state index contributed by atoms with van der Waals surface area (Å²) in [5, 5.41) is 0.266. The van der Waals surface area contributed by atoms with Crippen LogP contribution in [-0.2, 0) is 26.0 Å². The van der Waals surface area contributed by atoms with Crippen molar-refractivity contribution in [3.05, 3.63) is 88.4 Å². The molecule has 2 aromatic carbocycles. The molecule has 29 heavy (non-hydrogen) atoms. The fourth-order valence-electron chi connectivity index (χ4n) is 2.51. The number of carbonyl (C=O) groups excluding carboxylic acids is 1. The molecule has 7 heteroatoms. The minimum absolute atomic E-state index is 0.0260. The summed E-state index contributed by atoms with van der Waals surface area (Å²) in [6.07, 6.45) is 4.54. The van der Waals surface area contributed by atoms with E-state index in [9.17, 15) is 13.2 Å². The van der Waals surface area contributed by atoms with Gasteiger partial charge in [-0.25, -0.2) is 13.2 Å². The van der Waals surface area contributed by atoms with E-state index in [0.717, 1.165) is 18.7 Å². The highest BCUT2D eigenvalue weighted by Gasteiger charge is 2.28. The van der Waals surface area contributed by atoms with Crippen LogP contribution in [0.5, 0.6) is 0 Å². The Kier molecular flexibility index (Phi) is 8.49. The molecule has 0 saturated heterocycles. The molecule has 0 heterocycles. The van der Waals surface area contributed by atoms with E-state index in [4.69, 9.17) is 16.3 Å². The van der Waals surface area contributed by atoms with Crippen molar-refractivity contribution in [1.82, 2.24) is 4.90 Å². The summed E-state index contributed by atoms with van der Waals surface area (Å²) in [7, 11) is -4.11. The fourth-order valence-corrected chi connectivity index (χ4v) is 4.09. The molecule has 0 aliphatic heterocycles. The summed E-state index contributed by atoms with van der Waals surface area (Å²) in [6.45, 7) is 5.46. The second-order valence-electron chi connectivity index (χ2n) is 6.12. The molecule has 0 radical (unpaired) electrons. The molecule has 0 aromatic heterocycles. The maximum Gasteiger partial charge on any atom is 0.350 e. The highest BCUT2D eigenvalue weighted by molar-refractivity contribution is 7.96. The van der Waals surface area contributed by atoms with Crippen LogP contribution < -0.4 is 0 Å². The normalized spacial score (nSPS) is 12.2. The van der Waals surface area contributed by atoms with Gasteiger partial charge in [-0.2, -0.15) is 0 Å². The summed E-state index contributed by atoms with van der Waals surface area (Å²) in [5.41, 5.74) is 0.763. The van der Waals surface area contributed by atoms with E-state index in [2.05, 4.69) is 0 Å². The molecule has 0 spiro atoms. The van der Waals surface area contributed by atoms with Gasteiger partial charge in [0, 0.05) is 18.1 Å². The standard InChI is InChI=1S/C22H24ClNO4S/c1-3-24(4-2)15-9-14-21(22(25)28-17-18-10-6-5-7-11-18)29(26,27)20-13-8-12-19(23)16-20/h5-16H,3-4,17H2,1-2H3. The zero-order chi connectivity index (χ0) is 21.3. The second kappa shape index (κ2) is 10.8. The lowest BCUT2D eigenvalue weighted by atomic mass is 10.2. The number of allylic oxidation sites excluding steroid dienone is 2. The average molecular weight is 434 g/mol. The van der Waals surface area contributed by atoms with Crippen molar-refractivity contribution < 1.29 is 17.9 Å². The first-order valence-electron chi connectivity index (χ1n) is 9.22. The molecule has 0 bridgehead atoms. The van der Waals surface area contributed by atoms with Crippen molar-refractivity contribution in [1.29, 1.82) is 0 Å². The number of nitrogens with zero attached hydrogens (tertiary/aromatic N) is 1. The lowest BCUT2D eigenvalue weighted by Gasteiger charge is -2.14. The Labute approximate surface area is 177 Å². The monoisotopic (exact) mass is 433 g/mol. The van der Waals surface area contributed by atoms with Crippen molar-refractivity contribution in [2.24, 2.45) is 0 Å². The number of benzene rings is 2. The number of sulfone groups is 1. The van der Waals surface area contributed by atoms with Gasteiger partial charge in [0.2, 0.25) is 9.84 Å². The van der Waals surface area contributed by atoms with Crippen LogP contribution in [0.15, 0.2) is 82.7 Å². The van der Waals surface area contributed by atoms with E-state index in [1.165, 1.54) is 30.4 Å². The number of hydrogen-bond acceptors (Lipinski definition) is 5. The van der Waals surface area contributed by atoms with E-state index in [1.54, 1.807) is 24.4 Å². The summed E-state index contributed by atoms with van der Waals surface area (Å²) < 4.78 is 31.4. The first-order chi connectivity index (χ1) is 13.9. The van der Waals surface area contributed by atoms with E-state index in [1.807, 2.05) is 36.9 Å². The third-order valence-corrected chi connectivity index (χ3v) is 6.16. The van der Waals surface area contributed by atoms with Crippen LogP contribution in [0.1, 0.15) is 19.4 Å². The zero-order valence-corrected chi connectivity index (χ0v) is 18.0. The van der Waals surface area contributed by atoms with Crippen molar-refractivity contribution in [3.8, 4) is 0 Å². The number of halogens is 1. The van der Waals surface area contributed by atoms with Crippen LogP contribution in [0.3, 0.4) is 0 Å². The van der Waals surface area contributed by atoms with Gasteiger partial charge >= 0.3 is 5.97 Å². The van der Waals surface area contributed by atoms with E-state index >= 15 is 0 Å². The highest BCUT2D eigenvalue weighted by Crippen LogP contribution is 2.24. The van der Waals surface area contributed by atoms with Crippen LogP contribution in [0.2, 0.25) is 5.02 Å². The Balaban J connectivity index is 2.35. The molecule has 2 aromatic rings. The van der Waals surface area contributed by atoms with Gasteiger partial charge in [0.1, 0.15) is 6.61 Å². The highest BCUT2D eigenvalue weighted by atomic mass is 35.5. The topological polar surface area (TPSA) is 63.7 Å². The van der Waals surface area contributed by atoms with E-state index in [0.29, 0.717) is 0 Å². The molecular weight excluding hydrogens is 410 g/mol. The van der Waals surface area contributed by atoms with Crippen LogP contribution >= 0.6 is 11.6 Å². The minimum atomic E-state index is -4.11. The Morgan fingerprint density at radius 3 is 2.38 bits per heavy atom. The van der Waals surface area contributed by atoms with Crippen LogP contribution in [0.25, 0.3) is 0 Å². The summed E-state index contributed by atoms with van der Waals surface area (Å²) in [6, 6.07) is 14.9. The zero-order valence-electron chi connectivity index (χ0n) is 16.4. The molecule has 2 rings (SSSR count). The number of carbonyl (C=O) groups is 1. The maximum atomic E-state index is 13.1. The first-order valence-corrected chi connectivity index (χ1v) is 11.1. The van der Waals surface area contributed by atoms with Gasteiger partial charge in [-0.1, -0.05) is 48.0 Å². The summed E-state index contributed by atoms with van der Waals surface area (Å²) >= 11 is 5.94. The minimum Gasteiger partial charge on any atom is -0.457 e. The third-order valence-electron chi connectivity index (χ3n) is 4.17. The van der Waals surface area contributed by atoms with Crippen molar-refractivity contribution in [2.75, 3.05) is 13.1 Å². The molecule has 0 aliphatic carbocycles. The maximum absolute atomic E-state index is 13.1. The lowest BCUT2D eigenvalue weighted by molar-refractivity contribution is -0.139. The van der Waals surface area contributed by atoms with Crippen molar-refractivity contribution >= 4 is 27.4 Å². The lowest BCUT2D eigenvalue weighted by Crippen LogP contribution is -2.17. The average Bonchev–Trinajstić information content (AvgIpc) is 2.73. The van der Waals surface area contributed by atoms with Crippen LogP contribution in [0, 0.1) is 0 Å². The van der Waals surface area contributed by atoms with Crippen molar-refractivity contribution in [3.63, 3.8) is 0 Å². The molecule has 0 saturated carbocycles. The fraction of sp³-hybridized carbons (Fsp3) is 0.227. The molecule has 5 nitrogen and oxygen atoms in total. The third kappa shape index (κ3) is 6.48. The predicted molar refractivity (Wildman–Crippen MR) is 115 cm³/mol. The largest absolute Gasteiger partial charge is 0.457 e. The number of hydrogen-bond donors (Lipinski definition) is 0. The molecule has 154 valence electrons. The smallest absolute Gasteiger partial charge is 0.350 e. The molecule has 0 aliphatic rings. The molecular formula is C22H24ClNO4S. The van der Waals surface area contributed by atoms with Gasteiger partial charge in [-0.15, -0.1) is 0 Å². The predicted octanol–water partition coefficient (Wildman–Crippen LogP) is 4.60. The first kappa shape index (κ1) is 22.7. The molecule has 0 N–H and O–H groups in total. The summed E-state index contributed by atoms with van der Waals surface area (Å²) in [5.74, 6) is -0.918. The van der Waals surface area contributed by atoms with Gasteiger partial charge in [0.25, 0.3) is 0 Å². The summed E-state index contributed by atoms with van der Waals surface area (Å²) in [4.78, 5) is 14.1. The Morgan fingerprint density at radius 2 is 1.76 bits per heavy atom. The molecule has 0 amide bonds. The van der Waals surface area contributed by atoms with Gasteiger partial charge < -0.3 is 9.64 Å². The molecule has 0 unspecified atom stereocenters. The van der Waals surface area contributed by atoms with Gasteiger partial charge in [-0.05, 0) is 56.0 Å². The number of esters is 1. The van der Waals surface area contributed by atoms with Crippen LogP contribution in [0.4, 0.5) is 0 Å². The SMILES string of the molecule is CCN(C=CC=C(C(=O)OCc1ccccc1)S(=O)(=O)c1cccc(Cl)c1)CC. The van der Waals surface area contributed by atoms with Crippen molar-refractivity contribution in [2.45, 2.75) is 25.3 Å². The van der Waals surface area contributed by atoms with E-state index in [-0.39, 0.29) is 16.5 Å². The Bertz CT molecular complexity index is 981. The number of rotatable bonds is 9. The Morgan fingerprint density at radius 1 is 1.07 bits per heavy atom. The molecule has 0 fully saturated rings.